The Morgan fingerprint density at radius 2 is 2.24 bits per heavy atom. The second-order valence-electron chi connectivity index (χ2n) is 5.91. The van der Waals surface area contributed by atoms with Gasteiger partial charge < -0.3 is 0 Å². The highest BCUT2D eigenvalue weighted by Crippen LogP contribution is 2.46. The third kappa shape index (κ3) is 4.69. The molecular weight excluding hydrogens is 224 g/mol. The average molecular weight is 254 g/mol. The minimum atomic E-state index is 0.670. The van der Waals surface area contributed by atoms with Crippen molar-refractivity contribution < 1.29 is 0 Å². The number of hydrogen-bond acceptors (Lipinski definition) is 1. The van der Waals surface area contributed by atoms with Gasteiger partial charge in [-0.1, -0.05) is 31.4 Å². The summed E-state index contributed by atoms with van der Waals surface area (Å²) in [5.74, 6) is 2.37. The number of rotatable bonds is 6. The molecule has 0 N–H and O–H groups in total. The molecule has 1 aliphatic rings. The summed E-state index contributed by atoms with van der Waals surface area (Å²) in [4.78, 5) is 0. The van der Waals surface area contributed by atoms with E-state index >= 15 is 0 Å². The van der Waals surface area contributed by atoms with Crippen LogP contribution in [0.15, 0.2) is 11.6 Å². The second-order valence-corrected chi connectivity index (χ2v) is 6.82. The van der Waals surface area contributed by atoms with Crippen molar-refractivity contribution in [3.05, 3.63) is 11.6 Å². The first-order valence-corrected chi connectivity index (χ1v) is 8.66. The molecule has 1 saturated carbocycles. The van der Waals surface area contributed by atoms with E-state index in [2.05, 4.69) is 33.1 Å². The van der Waals surface area contributed by atoms with Crippen molar-refractivity contribution in [3.8, 4) is 0 Å². The summed E-state index contributed by atoms with van der Waals surface area (Å²) in [6.07, 6.45) is 14.6. The summed E-state index contributed by atoms with van der Waals surface area (Å²) in [7, 11) is 0. The summed E-state index contributed by atoms with van der Waals surface area (Å²) >= 11 is 2.04. The third-order valence-electron chi connectivity index (χ3n) is 4.74. The molecule has 1 rings (SSSR count). The normalized spacial score (nSPS) is 30.6. The maximum Gasteiger partial charge on any atom is -0.00417 e. The van der Waals surface area contributed by atoms with Gasteiger partial charge in [0.05, 0.1) is 0 Å². The molecule has 0 spiro atoms. The molecule has 2 atom stereocenters. The van der Waals surface area contributed by atoms with E-state index in [1.807, 2.05) is 11.8 Å². The van der Waals surface area contributed by atoms with E-state index in [9.17, 15) is 0 Å². The van der Waals surface area contributed by atoms with Crippen LogP contribution in [0.4, 0.5) is 0 Å². The molecular formula is C16H30S. The highest BCUT2D eigenvalue weighted by atomic mass is 32.2. The molecule has 0 aromatic rings. The van der Waals surface area contributed by atoms with Crippen molar-refractivity contribution in [1.82, 2.24) is 0 Å². The minimum absolute atomic E-state index is 0.670. The van der Waals surface area contributed by atoms with Crippen molar-refractivity contribution in [2.45, 2.75) is 65.7 Å². The van der Waals surface area contributed by atoms with Crippen LogP contribution in [-0.2, 0) is 0 Å². The topological polar surface area (TPSA) is 0 Å². The fraction of sp³-hybridized carbons (Fsp3) is 0.875. The first-order valence-electron chi connectivity index (χ1n) is 7.26. The Morgan fingerprint density at radius 3 is 2.82 bits per heavy atom. The van der Waals surface area contributed by atoms with Crippen LogP contribution in [0.25, 0.3) is 0 Å². The Kier molecular flexibility index (Phi) is 6.69. The van der Waals surface area contributed by atoms with Gasteiger partial charge in [-0.3, -0.25) is 0 Å². The molecule has 0 aliphatic heterocycles. The fourth-order valence-electron chi connectivity index (χ4n) is 3.29. The van der Waals surface area contributed by atoms with E-state index in [0.717, 1.165) is 5.92 Å². The largest absolute Gasteiger partial charge is 0.165 e. The first-order chi connectivity index (χ1) is 8.15. The lowest BCUT2D eigenvalue weighted by Gasteiger charge is -2.41. The average Bonchev–Trinajstić information content (AvgIpc) is 2.37. The van der Waals surface area contributed by atoms with E-state index in [1.54, 1.807) is 5.57 Å². The van der Waals surface area contributed by atoms with Crippen molar-refractivity contribution in [2.75, 3.05) is 12.0 Å². The molecule has 0 nitrogen and oxygen atoms in total. The molecule has 0 bridgehead atoms. The smallest absolute Gasteiger partial charge is 0.00417 e. The molecule has 1 fully saturated rings. The Labute approximate surface area is 113 Å². The Bertz CT molecular complexity index is 242. The van der Waals surface area contributed by atoms with Crippen LogP contribution in [0.3, 0.4) is 0 Å². The lowest BCUT2D eigenvalue weighted by Crippen LogP contribution is -2.29. The van der Waals surface area contributed by atoms with Crippen molar-refractivity contribution in [2.24, 2.45) is 11.3 Å². The van der Waals surface area contributed by atoms with Gasteiger partial charge in [0.15, 0.2) is 0 Å². The molecule has 0 aromatic carbocycles. The SMILES string of the molecule is CC=C(C)CCC1(CC)CCCC(CSC)C1. The zero-order chi connectivity index (χ0) is 12.7. The quantitative estimate of drug-likeness (QED) is 0.549. The molecule has 0 aromatic heterocycles. The van der Waals surface area contributed by atoms with Crippen molar-refractivity contribution >= 4 is 11.8 Å². The zero-order valence-corrected chi connectivity index (χ0v) is 13.0. The highest BCUT2D eigenvalue weighted by molar-refractivity contribution is 7.98. The molecule has 0 radical (unpaired) electrons. The fourth-order valence-corrected chi connectivity index (χ4v) is 4.05. The van der Waals surface area contributed by atoms with Crippen LogP contribution < -0.4 is 0 Å². The maximum atomic E-state index is 2.41. The van der Waals surface area contributed by atoms with Gasteiger partial charge in [0.2, 0.25) is 0 Å². The van der Waals surface area contributed by atoms with E-state index in [4.69, 9.17) is 0 Å². The summed E-state index contributed by atoms with van der Waals surface area (Å²) < 4.78 is 0. The van der Waals surface area contributed by atoms with Crippen LogP contribution in [0.5, 0.6) is 0 Å². The Morgan fingerprint density at radius 1 is 1.47 bits per heavy atom. The molecule has 100 valence electrons. The Hall–Kier alpha value is 0.0900. The minimum Gasteiger partial charge on any atom is -0.165 e. The molecule has 2 unspecified atom stereocenters. The van der Waals surface area contributed by atoms with Gasteiger partial charge in [0.25, 0.3) is 0 Å². The van der Waals surface area contributed by atoms with E-state index in [1.165, 1.54) is 50.7 Å². The number of allylic oxidation sites excluding steroid dienone is 2. The maximum absolute atomic E-state index is 2.41. The van der Waals surface area contributed by atoms with Crippen molar-refractivity contribution in [3.63, 3.8) is 0 Å². The van der Waals surface area contributed by atoms with Crippen LogP contribution in [0.1, 0.15) is 65.7 Å². The van der Waals surface area contributed by atoms with E-state index in [0.29, 0.717) is 5.41 Å². The molecule has 17 heavy (non-hydrogen) atoms. The van der Waals surface area contributed by atoms with Gasteiger partial charge in [-0.2, -0.15) is 11.8 Å². The van der Waals surface area contributed by atoms with Crippen molar-refractivity contribution in [1.29, 1.82) is 0 Å². The van der Waals surface area contributed by atoms with E-state index in [-0.39, 0.29) is 0 Å². The lowest BCUT2D eigenvalue weighted by molar-refractivity contribution is 0.129. The van der Waals surface area contributed by atoms with Crippen LogP contribution >= 0.6 is 11.8 Å². The number of hydrogen-bond donors (Lipinski definition) is 0. The molecule has 1 heteroatoms. The Balaban J connectivity index is 2.54. The van der Waals surface area contributed by atoms with Crippen LogP contribution in [-0.4, -0.2) is 12.0 Å². The van der Waals surface area contributed by atoms with E-state index < -0.39 is 0 Å². The monoisotopic (exact) mass is 254 g/mol. The van der Waals surface area contributed by atoms with Gasteiger partial charge in [-0.05, 0) is 69.3 Å². The lowest BCUT2D eigenvalue weighted by atomic mass is 9.66. The summed E-state index contributed by atoms with van der Waals surface area (Å²) in [5.41, 5.74) is 2.24. The molecule has 0 heterocycles. The standard InChI is InChI=1S/C16H30S/c1-5-14(3)9-11-16(6-2)10-7-8-15(12-16)13-17-4/h5,15H,6-13H2,1-4H3. The van der Waals surface area contributed by atoms with Gasteiger partial charge in [0, 0.05) is 0 Å². The second kappa shape index (κ2) is 7.51. The van der Waals surface area contributed by atoms with Crippen LogP contribution in [0, 0.1) is 11.3 Å². The number of thioether (sulfide) groups is 1. The predicted molar refractivity (Wildman–Crippen MR) is 81.7 cm³/mol. The zero-order valence-electron chi connectivity index (χ0n) is 12.2. The van der Waals surface area contributed by atoms with Gasteiger partial charge in [-0.25, -0.2) is 0 Å². The highest BCUT2D eigenvalue weighted by Gasteiger charge is 2.34. The summed E-state index contributed by atoms with van der Waals surface area (Å²) in [6, 6.07) is 0. The predicted octanol–water partition coefficient (Wildman–Crippen LogP) is 5.68. The van der Waals surface area contributed by atoms with Gasteiger partial charge in [0.1, 0.15) is 0 Å². The van der Waals surface area contributed by atoms with Gasteiger partial charge in [-0.15, -0.1) is 0 Å². The molecule has 1 aliphatic carbocycles. The first kappa shape index (κ1) is 15.1. The van der Waals surface area contributed by atoms with Gasteiger partial charge >= 0.3 is 0 Å². The third-order valence-corrected chi connectivity index (χ3v) is 5.54. The summed E-state index contributed by atoms with van der Waals surface area (Å²) in [5, 5.41) is 0. The molecule has 0 amide bonds. The molecule has 0 saturated heterocycles. The van der Waals surface area contributed by atoms with Crippen LogP contribution in [0.2, 0.25) is 0 Å². The summed E-state index contributed by atoms with van der Waals surface area (Å²) in [6.45, 7) is 6.86.